The third kappa shape index (κ3) is 4.35. The Balaban J connectivity index is 1.40. The molecule has 0 aliphatic heterocycles. The van der Waals surface area contributed by atoms with Crippen molar-refractivity contribution in [3.05, 3.63) is 0 Å². The Kier molecular flexibility index (Phi) is 6.15. The van der Waals surface area contributed by atoms with Crippen LogP contribution >= 0.6 is 0 Å². The molecule has 0 radical (unpaired) electrons. The highest BCUT2D eigenvalue weighted by Crippen LogP contribution is 2.60. The first kappa shape index (κ1) is 17.8. The van der Waals surface area contributed by atoms with Crippen LogP contribution in [0.15, 0.2) is 0 Å². The minimum Gasteiger partial charge on any atom is -0.294 e. The fourth-order valence-electron chi connectivity index (χ4n) is 6.03. The van der Waals surface area contributed by atoms with Crippen LogP contribution in [0.1, 0.15) is 84.0 Å². The summed E-state index contributed by atoms with van der Waals surface area (Å²) in [5, 5.41) is 0. The van der Waals surface area contributed by atoms with Gasteiger partial charge in [0.1, 0.15) is 5.75 Å². The summed E-state index contributed by atoms with van der Waals surface area (Å²) < 4.78 is 0. The topological polar surface area (TPSA) is 17.1 Å². The standard InChI is InChI=1S/C21H37OS/c1-3-4-5-6-7-8-9-23(2)16-20(22)21-13-17-10-18(14-21)12-19(11-17)15-21/h17-19H,3-16H2,1-2H3/q+1. The molecule has 23 heavy (non-hydrogen) atoms. The zero-order chi connectivity index (χ0) is 16.3. The van der Waals surface area contributed by atoms with Crippen molar-refractivity contribution in [2.24, 2.45) is 23.2 Å². The van der Waals surface area contributed by atoms with Crippen molar-refractivity contribution in [1.29, 1.82) is 0 Å². The summed E-state index contributed by atoms with van der Waals surface area (Å²) in [5.74, 6) is 5.59. The van der Waals surface area contributed by atoms with Gasteiger partial charge in [-0.3, -0.25) is 4.79 Å². The molecule has 2 heteroatoms. The van der Waals surface area contributed by atoms with Crippen LogP contribution in [-0.4, -0.2) is 23.5 Å². The molecule has 4 bridgehead atoms. The van der Waals surface area contributed by atoms with E-state index in [1.54, 1.807) is 0 Å². The molecule has 0 amide bonds. The lowest BCUT2D eigenvalue weighted by Gasteiger charge is -2.55. The number of carbonyl (C=O) groups excluding carboxylic acids is 1. The average molecular weight is 338 g/mol. The lowest BCUT2D eigenvalue weighted by molar-refractivity contribution is -0.141. The lowest BCUT2D eigenvalue weighted by atomic mass is 9.48. The maximum Gasteiger partial charge on any atom is 0.187 e. The van der Waals surface area contributed by atoms with E-state index in [2.05, 4.69) is 13.2 Å². The molecule has 0 aromatic rings. The molecule has 0 heterocycles. The molecule has 1 atom stereocenters. The normalized spacial score (nSPS) is 36.3. The van der Waals surface area contributed by atoms with Gasteiger partial charge in [-0.25, -0.2) is 0 Å². The second-order valence-corrected chi connectivity index (χ2v) is 11.3. The van der Waals surface area contributed by atoms with Crippen molar-refractivity contribution < 1.29 is 4.79 Å². The zero-order valence-electron chi connectivity index (χ0n) is 15.4. The highest BCUT2D eigenvalue weighted by Gasteiger charge is 2.55. The van der Waals surface area contributed by atoms with Crippen LogP contribution in [0, 0.1) is 23.2 Å². The van der Waals surface area contributed by atoms with Gasteiger partial charge in [0.15, 0.2) is 11.5 Å². The van der Waals surface area contributed by atoms with E-state index < -0.39 is 0 Å². The third-order valence-electron chi connectivity index (χ3n) is 6.85. The molecule has 0 N–H and O–H groups in total. The maximum absolute atomic E-state index is 13.1. The second-order valence-electron chi connectivity index (χ2n) is 9.02. The highest BCUT2D eigenvalue weighted by molar-refractivity contribution is 7.96. The summed E-state index contributed by atoms with van der Waals surface area (Å²) in [7, 11) is 0.330. The Morgan fingerprint density at radius 1 is 0.913 bits per heavy atom. The summed E-state index contributed by atoms with van der Waals surface area (Å²) in [5.41, 5.74) is 0.150. The van der Waals surface area contributed by atoms with E-state index in [9.17, 15) is 4.79 Å². The van der Waals surface area contributed by atoms with Crippen molar-refractivity contribution in [2.45, 2.75) is 84.0 Å². The van der Waals surface area contributed by atoms with E-state index in [0.29, 0.717) is 16.7 Å². The Bertz CT molecular complexity index is 367. The van der Waals surface area contributed by atoms with E-state index in [1.165, 1.54) is 82.8 Å². The molecule has 0 aromatic carbocycles. The fourth-order valence-corrected chi connectivity index (χ4v) is 7.63. The molecule has 1 nitrogen and oxygen atoms in total. The summed E-state index contributed by atoms with van der Waals surface area (Å²) in [6.45, 7) is 2.28. The van der Waals surface area contributed by atoms with Gasteiger partial charge in [0.2, 0.25) is 0 Å². The first-order valence-corrected chi connectivity index (χ1v) is 12.2. The van der Waals surface area contributed by atoms with Crippen LogP contribution in [0.5, 0.6) is 0 Å². The largest absolute Gasteiger partial charge is 0.294 e. The number of hydrogen-bond donors (Lipinski definition) is 0. The van der Waals surface area contributed by atoms with E-state index in [1.807, 2.05) is 0 Å². The SMILES string of the molecule is CCCCCCCC[S+](C)CC(=O)C12CC3CC(CC(C3)C1)C2. The Morgan fingerprint density at radius 3 is 2.00 bits per heavy atom. The summed E-state index contributed by atoms with van der Waals surface area (Å²) in [6.07, 6.45) is 18.7. The van der Waals surface area contributed by atoms with Gasteiger partial charge in [-0.2, -0.15) is 0 Å². The lowest BCUT2D eigenvalue weighted by Crippen LogP contribution is -2.51. The van der Waals surface area contributed by atoms with Crippen molar-refractivity contribution in [2.75, 3.05) is 17.8 Å². The Hall–Kier alpha value is 0.0200. The number of rotatable bonds is 10. The smallest absolute Gasteiger partial charge is 0.187 e. The van der Waals surface area contributed by atoms with Crippen molar-refractivity contribution in [3.8, 4) is 0 Å². The average Bonchev–Trinajstić information content (AvgIpc) is 2.49. The predicted molar refractivity (Wildman–Crippen MR) is 102 cm³/mol. The molecule has 4 fully saturated rings. The molecular formula is C21H37OS+. The van der Waals surface area contributed by atoms with E-state index in [-0.39, 0.29) is 5.41 Å². The van der Waals surface area contributed by atoms with Gasteiger partial charge in [0, 0.05) is 5.41 Å². The van der Waals surface area contributed by atoms with Crippen LogP contribution in [0.25, 0.3) is 0 Å². The van der Waals surface area contributed by atoms with Crippen LogP contribution in [-0.2, 0) is 15.7 Å². The van der Waals surface area contributed by atoms with E-state index >= 15 is 0 Å². The minimum absolute atomic E-state index is 0.150. The van der Waals surface area contributed by atoms with Gasteiger partial charge in [-0.1, -0.05) is 32.6 Å². The van der Waals surface area contributed by atoms with Crippen molar-refractivity contribution in [1.82, 2.24) is 0 Å². The van der Waals surface area contributed by atoms with Gasteiger partial charge in [0.05, 0.1) is 6.26 Å². The first-order chi connectivity index (χ1) is 11.1. The van der Waals surface area contributed by atoms with Crippen LogP contribution < -0.4 is 0 Å². The molecule has 1 unspecified atom stereocenters. The van der Waals surface area contributed by atoms with E-state index in [0.717, 1.165) is 23.5 Å². The number of carbonyl (C=O) groups is 1. The second kappa shape index (κ2) is 7.93. The predicted octanol–water partition coefficient (Wildman–Crippen LogP) is 5.38. The van der Waals surface area contributed by atoms with Crippen LogP contribution in [0.4, 0.5) is 0 Å². The summed E-state index contributed by atoms with van der Waals surface area (Å²) >= 11 is 0. The molecular weight excluding hydrogens is 300 g/mol. The summed E-state index contributed by atoms with van der Waals surface area (Å²) in [6, 6.07) is 0. The van der Waals surface area contributed by atoms with Gasteiger partial charge in [-0.05, 0) is 80.0 Å². The molecule has 4 aliphatic rings. The van der Waals surface area contributed by atoms with Crippen LogP contribution in [0.2, 0.25) is 0 Å². The number of hydrogen-bond acceptors (Lipinski definition) is 1. The minimum atomic E-state index is 0.150. The Morgan fingerprint density at radius 2 is 1.43 bits per heavy atom. The third-order valence-corrected chi connectivity index (χ3v) is 8.59. The summed E-state index contributed by atoms with van der Waals surface area (Å²) in [4.78, 5) is 13.1. The van der Waals surface area contributed by atoms with Gasteiger partial charge in [-0.15, -0.1) is 0 Å². The van der Waals surface area contributed by atoms with Crippen molar-refractivity contribution >= 4 is 16.7 Å². The monoisotopic (exact) mass is 337 g/mol. The Labute approximate surface area is 146 Å². The molecule has 0 spiro atoms. The van der Waals surface area contributed by atoms with Gasteiger partial charge >= 0.3 is 0 Å². The highest BCUT2D eigenvalue weighted by atomic mass is 32.2. The molecule has 4 aliphatic carbocycles. The quantitative estimate of drug-likeness (QED) is 0.386. The number of ketones is 1. The molecule has 132 valence electrons. The maximum atomic E-state index is 13.1. The first-order valence-electron chi connectivity index (χ1n) is 10.2. The van der Waals surface area contributed by atoms with Crippen molar-refractivity contribution in [3.63, 3.8) is 0 Å². The molecule has 4 rings (SSSR count). The van der Waals surface area contributed by atoms with Crippen LogP contribution in [0.3, 0.4) is 0 Å². The number of unbranched alkanes of at least 4 members (excludes halogenated alkanes) is 5. The van der Waals surface area contributed by atoms with E-state index in [4.69, 9.17) is 0 Å². The zero-order valence-corrected chi connectivity index (χ0v) is 16.3. The van der Waals surface area contributed by atoms with Gasteiger partial charge in [0.25, 0.3) is 0 Å². The fraction of sp³-hybridized carbons (Fsp3) is 0.952. The molecule has 0 aromatic heterocycles. The molecule has 4 saturated carbocycles. The van der Waals surface area contributed by atoms with Gasteiger partial charge < -0.3 is 0 Å². The molecule has 0 saturated heterocycles. The number of Topliss-reactive ketones (excluding diaryl/α,β-unsaturated/α-hetero) is 1.